The molecule has 0 aliphatic heterocycles. The maximum Gasteiger partial charge on any atom is 0.136 e. The molecule has 1 heterocycles. The van der Waals surface area contributed by atoms with Gasteiger partial charge in [0.2, 0.25) is 0 Å². The third-order valence-electron chi connectivity index (χ3n) is 3.58. The van der Waals surface area contributed by atoms with Crippen LogP contribution in [0.5, 0.6) is 0 Å². The lowest BCUT2D eigenvalue weighted by molar-refractivity contribution is -0.0601. The summed E-state index contributed by atoms with van der Waals surface area (Å²) in [5.74, 6) is 0.755. The topological polar surface area (TPSA) is 60.2 Å². The van der Waals surface area contributed by atoms with E-state index in [9.17, 15) is 0 Å². The Labute approximate surface area is 113 Å². The molecule has 0 unspecified atom stereocenters. The molecule has 5 heteroatoms. The number of aromatic nitrogens is 1. The third kappa shape index (κ3) is 2.62. The van der Waals surface area contributed by atoms with Crippen LogP contribution in [0.1, 0.15) is 30.5 Å². The molecule has 18 heavy (non-hydrogen) atoms. The fraction of sp³-hybridized carbons (Fsp3) is 0.538. The first kappa shape index (κ1) is 13.2. The Morgan fingerprint density at radius 2 is 2.28 bits per heavy atom. The predicted octanol–water partition coefficient (Wildman–Crippen LogP) is 2.01. The second-order valence-electron chi connectivity index (χ2n) is 4.81. The summed E-state index contributed by atoms with van der Waals surface area (Å²) in [6.45, 7) is 2.69. The Morgan fingerprint density at radius 3 is 2.78 bits per heavy atom. The lowest BCUT2D eigenvalue weighted by Gasteiger charge is -2.40. The zero-order valence-corrected chi connectivity index (χ0v) is 11.6. The molecule has 1 aromatic heterocycles. The molecular weight excluding hydrogens is 246 g/mol. The van der Waals surface area contributed by atoms with Gasteiger partial charge in [-0.05, 0) is 38.3 Å². The number of hydrogen-bond acceptors (Lipinski definition) is 4. The van der Waals surface area contributed by atoms with Gasteiger partial charge in [-0.25, -0.2) is 4.98 Å². The van der Waals surface area contributed by atoms with Crippen molar-refractivity contribution in [1.82, 2.24) is 4.98 Å². The number of aryl methyl sites for hydroxylation is 1. The van der Waals surface area contributed by atoms with Crippen LogP contribution in [0.4, 0.5) is 5.82 Å². The average Bonchev–Trinajstić information content (AvgIpc) is 2.28. The highest BCUT2D eigenvalue weighted by Crippen LogP contribution is 2.35. The van der Waals surface area contributed by atoms with Gasteiger partial charge in [-0.3, -0.25) is 0 Å². The first-order chi connectivity index (χ1) is 8.56. The van der Waals surface area contributed by atoms with Gasteiger partial charge in [0, 0.05) is 19.3 Å². The van der Waals surface area contributed by atoms with Crippen LogP contribution in [0.2, 0.25) is 0 Å². The summed E-state index contributed by atoms with van der Waals surface area (Å²) < 4.78 is 5.57. The van der Waals surface area contributed by atoms with Gasteiger partial charge in [0.05, 0.1) is 11.2 Å². The van der Waals surface area contributed by atoms with Crippen LogP contribution in [0.15, 0.2) is 12.1 Å². The molecule has 1 fully saturated rings. The Morgan fingerprint density at radius 1 is 1.56 bits per heavy atom. The number of pyridine rings is 1. The van der Waals surface area contributed by atoms with Crippen molar-refractivity contribution in [2.75, 3.05) is 19.0 Å². The van der Waals surface area contributed by atoms with Crippen molar-refractivity contribution >= 4 is 23.0 Å². The number of ether oxygens (including phenoxy) is 1. The summed E-state index contributed by atoms with van der Waals surface area (Å²) in [7, 11) is 1.76. The van der Waals surface area contributed by atoms with Gasteiger partial charge in [0.25, 0.3) is 0 Å². The molecule has 3 N–H and O–H groups in total. The van der Waals surface area contributed by atoms with Crippen LogP contribution in [-0.4, -0.2) is 29.2 Å². The smallest absolute Gasteiger partial charge is 0.136 e. The quantitative estimate of drug-likeness (QED) is 0.797. The van der Waals surface area contributed by atoms with E-state index >= 15 is 0 Å². The highest BCUT2D eigenvalue weighted by atomic mass is 32.1. The van der Waals surface area contributed by atoms with Crippen molar-refractivity contribution in [1.29, 1.82) is 0 Å². The van der Waals surface area contributed by atoms with E-state index in [1.165, 1.54) is 6.42 Å². The van der Waals surface area contributed by atoms with E-state index in [2.05, 4.69) is 10.3 Å². The molecule has 0 aromatic carbocycles. The fourth-order valence-electron chi connectivity index (χ4n) is 2.16. The van der Waals surface area contributed by atoms with Gasteiger partial charge in [-0.2, -0.15) is 0 Å². The average molecular weight is 265 g/mol. The Balaban J connectivity index is 2.12. The van der Waals surface area contributed by atoms with E-state index < -0.39 is 0 Å². The molecule has 0 saturated heterocycles. The summed E-state index contributed by atoms with van der Waals surface area (Å²) in [6, 6.07) is 3.82. The first-order valence-corrected chi connectivity index (χ1v) is 6.54. The molecule has 0 radical (unpaired) electrons. The molecule has 1 saturated carbocycles. The first-order valence-electron chi connectivity index (χ1n) is 6.13. The Kier molecular flexibility index (Phi) is 3.82. The van der Waals surface area contributed by atoms with Gasteiger partial charge in [0.15, 0.2) is 0 Å². The largest absolute Gasteiger partial charge is 0.389 e. The zero-order valence-electron chi connectivity index (χ0n) is 10.8. The number of thiocarbonyl (C=S) groups is 1. The molecule has 1 aliphatic rings. The van der Waals surface area contributed by atoms with Gasteiger partial charge in [-0.1, -0.05) is 12.2 Å². The number of nitrogens with two attached hydrogens (primary N) is 1. The number of nitrogens with one attached hydrogen (secondary N) is 1. The van der Waals surface area contributed by atoms with Crippen LogP contribution >= 0.6 is 12.2 Å². The second-order valence-corrected chi connectivity index (χ2v) is 5.25. The van der Waals surface area contributed by atoms with Crippen LogP contribution in [0.25, 0.3) is 0 Å². The van der Waals surface area contributed by atoms with E-state index in [4.69, 9.17) is 22.7 Å². The number of methoxy groups -OCH3 is 1. The van der Waals surface area contributed by atoms with E-state index in [1.807, 2.05) is 19.1 Å². The molecule has 0 atom stereocenters. The van der Waals surface area contributed by atoms with E-state index in [0.717, 1.165) is 36.5 Å². The maximum atomic E-state index is 5.70. The highest BCUT2D eigenvalue weighted by molar-refractivity contribution is 7.80. The standard InChI is InChI=1S/C13H19N3OS/c1-9-4-5-10(11(14)18)12(16-9)15-8-13(17-2)6-3-7-13/h4-5H,3,6-8H2,1-2H3,(H2,14,18)(H,15,16). The summed E-state index contributed by atoms with van der Waals surface area (Å²) in [5, 5.41) is 3.33. The number of hydrogen-bond donors (Lipinski definition) is 2. The summed E-state index contributed by atoms with van der Waals surface area (Å²) in [4.78, 5) is 4.82. The third-order valence-corrected chi connectivity index (χ3v) is 3.80. The van der Waals surface area contributed by atoms with Crippen molar-refractivity contribution in [3.63, 3.8) is 0 Å². The Hall–Kier alpha value is -1.20. The van der Waals surface area contributed by atoms with E-state index in [0.29, 0.717) is 4.99 Å². The van der Waals surface area contributed by atoms with Gasteiger partial charge in [-0.15, -0.1) is 0 Å². The second kappa shape index (κ2) is 5.20. The maximum absolute atomic E-state index is 5.70. The fourth-order valence-corrected chi connectivity index (χ4v) is 2.32. The van der Waals surface area contributed by atoms with Gasteiger partial charge in [0.1, 0.15) is 10.8 Å². The van der Waals surface area contributed by atoms with Crippen molar-refractivity contribution in [3.05, 3.63) is 23.4 Å². The summed E-state index contributed by atoms with van der Waals surface area (Å²) >= 11 is 5.04. The molecule has 0 spiro atoms. The minimum Gasteiger partial charge on any atom is -0.389 e. The molecule has 0 bridgehead atoms. The van der Waals surface area contributed by atoms with Crippen LogP contribution < -0.4 is 11.1 Å². The van der Waals surface area contributed by atoms with Crippen molar-refractivity contribution in [2.24, 2.45) is 5.73 Å². The number of rotatable bonds is 5. The lowest BCUT2D eigenvalue weighted by Crippen LogP contribution is -2.45. The molecule has 4 nitrogen and oxygen atoms in total. The monoisotopic (exact) mass is 265 g/mol. The van der Waals surface area contributed by atoms with Gasteiger partial charge < -0.3 is 15.8 Å². The van der Waals surface area contributed by atoms with Crippen molar-refractivity contribution < 1.29 is 4.74 Å². The summed E-state index contributed by atoms with van der Waals surface area (Å²) in [5.41, 5.74) is 7.40. The Bertz CT molecular complexity index is 452. The predicted molar refractivity (Wildman–Crippen MR) is 76.9 cm³/mol. The molecule has 2 rings (SSSR count). The van der Waals surface area contributed by atoms with Crippen molar-refractivity contribution in [3.8, 4) is 0 Å². The summed E-state index contributed by atoms with van der Waals surface area (Å²) in [6.07, 6.45) is 3.40. The normalized spacial score (nSPS) is 17.0. The van der Waals surface area contributed by atoms with Crippen molar-refractivity contribution in [2.45, 2.75) is 31.8 Å². The molecular formula is C13H19N3OS. The lowest BCUT2D eigenvalue weighted by atomic mass is 9.80. The number of anilines is 1. The highest BCUT2D eigenvalue weighted by Gasteiger charge is 2.36. The van der Waals surface area contributed by atoms with Crippen LogP contribution in [0, 0.1) is 6.92 Å². The zero-order chi connectivity index (χ0) is 13.2. The minimum atomic E-state index is -0.0427. The molecule has 1 aromatic rings. The molecule has 98 valence electrons. The molecule has 0 amide bonds. The van der Waals surface area contributed by atoms with Gasteiger partial charge >= 0.3 is 0 Å². The minimum absolute atomic E-state index is 0.0427. The van der Waals surface area contributed by atoms with Crippen LogP contribution in [0.3, 0.4) is 0 Å². The number of nitrogens with zero attached hydrogens (tertiary/aromatic N) is 1. The van der Waals surface area contributed by atoms with Crippen LogP contribution in [-0.2, 0) is 4.74 Å². The van der Waals surface area contributed by atoms with E-state index in [-0.39, 0.29) is 5.60 Å². The SMILES string of the molecule is COC1(CNc2nc(C)ccc2C(N)=S)CCC1. The van der Waals surface area contributed by atoms with E-state index in [1.54, 1.807) is 7.11 Å². The molecule has 1 aliphatic carbocycles.